The van der Waals surface area contributed by atoms with Gasteiger partial charge in [0.1, 0.15) is 17.2 Å². The first-order chi connectivity index (χ1) is 14.6. The van der Waals surface area contributed by atoms with Gasteiger partial charge < -0.3 is 19.5 Å². The van der Waals surface area contributed by atoms with E-state index < -0.39 is 0 Å². The molecule has 0 aliphatic rings. The van der Waals surface area contributed by atoms with E-state index in [2.05, 4.69) is 15.3 Å². The molecule has 3 rings (SSSR count). The molecule has 1 amide bonds. The number of amides is 1. The van der Waals surface area contributed by atoms with Crippen molar-refractivity contribution in [1.82, 2.24) is 9.97 Å². The number of methoxy groups -OCH3 is 2. The number of carbonyl (C=O) groups excluding carboxylic acids is 1. The Balaban J connectivity index is 1.61. The fourth-order valence-corrected chi connectivity index (χ4v) is 3.03. The van der Waals surface area contributed by atoms with Crippen molar-refractivity contribution in [3.8, 4) is 29.2 Å². The van der Waals surface area contributed by atoms with E-state index in [1.807, 2.05) is 6.07 Å². The molecule has 30 heavy (non-hydrogen) atoms. The highest BCUT2D eigenvalue weighted by atomic mass is 32.2. The number of carbonyl (C=O) groups is 1. The first-order valence-electron chi connectivity index (χ1n) is 8.76. The Bertz CT molecular complexity index is 1060. The van der Waals surface area contributed by atoms with Gasteiger partial charge in [0, 0.05) is 36.1 Å². The van der Waals surface area contributed by atoms with Crippen molar-refractivity contribution >= 4 is 23.4 Å². The van der Waals surface area contributed by atoms with E-state index in [1.165, 1.54) is 11.8 Å². The molecule has 2 aromatic carbocycles. The Morgan fingerprint density at radius 2 is 1.83 bits per heavy atom. The van der Waals surface area contributed by atoms with Crippen molar-refractivity contribution in [1.29, 1.82) is 5.26 Å². The van der Waals surface area contributed by atoms with Crippen LogP contribution in [-0.4, -0.2) is 35.8 Å². The highest BCUT2D eigenvalue weighted by Crippen LogP contribution is 2.30. The molecular formula is C21H18N4O4S. The Hall–Kier alpha value is -3.77. The average molecular weight is 422 g/mol. The van der Waals surface area contributed by atoms with Crippen LogP contribution in [0.3, 0.4) is 0 Å². The van der Waals surface area contributed by atoms with Crippen LogP contribution in [0.2, 0.25) is 0 Å². The molecule has 1 N–H and O–H groups in total. The third-order valence-corrected chi connectivity index (χ3v) is 4.62. The summed E-state index contributed by atoms with van der Waals surface area (Å²) in [5, 5.41) is 12.1. The number of thioether (sulfide) groups is 1. The van der Waals surface area contributed by atoms with Crippen molar-refractivity contribution in [2.24, 2.45) is 0 Å². The molecular weight excluding hydrogens is 404 g/mol. The van der Waals surface area contributed by atoms with Crippen molar-refractivity contribution in [2.75, 3.05) is 25.3 Å². The summed E-state index contributed by atoms with van der Waals surface area (Å²) in [5.41, 5.74) is 1.03. The van der Waals surface area contributed by atoms with Crippen molar-refractivity contribution < 1.29 is 19.0 Å². The predicted octanol–water partition coefficient (Wildman–Crippen LogP) is 3.89. The molecule has 9 heteroatoms. The molecule has 0 atom stereocenters. The topological polar surface area (TPSA) is 106 Å². The first kappa shape index (κ1) is 21.0. The smallest absolute Gasteiger partial charge is 0.234 e. The molecule has 1 heterocycles. The van der Waals surface area contributed by atoms with E-state index in [1.54, 1.807) is 68.9 Å². The second-order valence-corrected chi connectivity index (χ2v) is 6.80. The lowest BCUT2D eigenvalue weighted by atomic mass is 10.2. The average Bonchev–Trinajstić information content (AvgIpc) is 2.77. The molecule has 0 spiro atoms. The second kappa shape index (κ2) is 10.1. The maximum atomic E-state index is 12.2. The number of nitrogens with one attached hydrogen (secondary N) is 1. The third-order valence-electron chi connectivity index (χ3n) is 3.76. The standard InChI is InChI=1S/C21H18N4O4S/c1-27-16-9-17(28-2)11-18(10-16)29-20-6-7-23-21(25-20)30-13-19(26)24-15-5-3-4-14(8-15)12-22/h3-11H,13H2,1-2H3,(H,24,26). The molecule has 0 saturated carbocycles. The summed E-state index contributed by atoms with van der Waals surface area (Å²) >= 11 is 1.17. The highest BCUT2D eigenvalue weighted by molar-refractivity contribution is 7.99. The molecule has 0 radical (unpaired) electrons. The summed E-state index contributed by atoms with van der Waals surface area (Å²) in [6.07, 6.45) is 1.55. The van der Waals surface area contributed by atoms with Crippen LogP contribution >= 0.6 is 11.8 Å². The lowest BCUT2D eigenvalue weighted by Gasteiger charge is -2.10. The lowest BCUT2D eigenvalue weighted by Crippen LogP contribution is -2.14. The summed E-state index contributed by atoms with van der Waals surface area (Å²) in [4.78, 5) is 20.6. The summed E-state index contributed by atoms with van der Waals surface area (Å²) in [6, 6.07) is 15.5. The maximum Gasteiger partial charge on any atom is 0.234 e. The van der Waals surface area contributed by atoms with Crippen molar-refractivity contribution in [3.05, 3.63) is 60.3 Å². The van der Waals surface area contributed by atoms with E-state index in [9.17, 15) is 4.79 Å². The van der Waals surface area contributed by atoms with Crippen LogP contribution in [0.25, 0.3) is 0 Å². The highest BCUT2D eigenvalue weighted by Gasteiger charge is 2.09. The summed E-state index contributed by atoms with van der Waals surface area (Å²) < 4.78 is 16.2. The number of nitrogens with zero attached hydrogens (tertiary/aromatic N) is 3. The van der Waals surface area contributed by atoms with Gasteiger partial charge in [-0.05, 0) is 18.2 Å². The molecule has 152 valence electrons. The number of benzene rings is 2. The summed E-state index contributed by atoms with van der Waals surface area (Å²) in [7, 11) is 3.11. The molecule has 3 aromatic rings. The van der Waals surface area contributed by atoms with E-state index in [0.29, 0.717) is 39.5 Å². The number of ether oxygens (including phenoxy) is 3. The monoisotopic (exact) mass is 422 g/mol. The Labute approximate surface area is 177 Å². The van der Waals surface area contributed by atoms with Crippen LogP contribution in [0.4, 0.5) is 5.69 Å². The number of rotatable bonds is 8. The predicted molar refractivity (Wildman–Crippen MR) is 112 cm³/mol. The van der Waals surface area contributed by atoms with Gasteiger partial charge in [-0.2, -0.15) is 10.2 Å². The van der Waals surface area contributed by atoms with Crippen LogP contribution in [0.1, 0.15) is 5.56 Å². The van der Waals surface area contributed by atoms with Gasteiger partial charge in [-0.15, -0.1) is 0 Å². The van der Waals surface area contributed by atoms with E-state index in [0.717, 1.165) is 0 Å². The minimum atomic E-state index is -0.234. The van der Waals surface area contributed by atoms with Crippen molar-refractivity contribution in [2.45, 2.75) is 5.16 Å². The Morgan fingerprint density at radius 3 is 2.53 bits per heavy atom. The largest absolute Gasteiger partial charge is 0.496 e. The first-order valence-corrected chi connectivity index (χ1v) is 9.75. The Kier molecular flexibility index (Phi) is 7.08. The van der Waals surface area contributed by atoms with Gasteiger partial charge in [-0.3, -0.25) is 4.79 Å². The second-order valence-electron chi connectivity index (χ2n) is 5.86. The molecule has 1 aromatic heterocycles. The van der Waals surface area contributed by atoms with Gasteiger partial charge in [-0.1, -0.05) is 17.8 Å². The molecule has 0 saturated heterocycles. The van der Waals surface area contributed by atoms with Gasteiger partial charge in [0.2, 0.25) is 11.8 Å². The third kappa shape index (κ3) is 5.86. The van der Waals surface area contributed by atoms with Gasteiger partial charge in [0.25, 0.3) is 0 Å². The number of aromatic nitrogens is 2. The zero-order chi connectivity index (χ0) is 21.3. The molecule has 8 nitrogen and oxygen atoms in total. The quantitative estimate of drug-likeness (QED) is 0.430. The van der Waals surface area contributed by atoms with E-state index in [4.69, 9.17) is 19.5 Å². The molecule has 0 unspecified atom stereocenters. The minimum Gasteiger partial charge on any atom is -0.496 e. The van der Waals surface area contributed by atoms with Crippen molar-refractivity contribution in [3.63, 3.8) is 0 Å². The van der Waals surface area contributed by atoms with Crippen LogP contribution < -0.4 is 19.5 Å². The molecule has 0 bridgehead atoms. The Morgan fingerprint density at radius 1 is 1.10 bits per heavy atom. The van der Waals surface area contributed by atoms with Crippen LogP contribution in [0.15, 0.2) is 59.9 Å². The fraction of sp³-hybridized carbons (Fsp3) is 0.143. The van der Waals surface area contributed by atoms with Gasteiger partial charge in [0.05, 0.1) is 31.6 Å². The number of anilines is 1. The molecule has 0 aliphatic carbocycles. The zero-order valence-electron chi connectivity index (χ0n) is 16.3. The van der Waals surface area contributed by atoms with E-state index >= 15 is 0 Å². The van der Waals surface area contributed by atoms with E-state index in [-0.39, 0.29) is 11.7 Å². The van der Waals surface area contributed by atoms with Gasteiger partial charge in [-0.25, -0.2) is 4.98 Å². The fourth-order valence-electron chi connectivity index (χ4n) is 2.41. The minimum absolute atomic E-state index is 0.104. The summed E-state index contributed by atoms with van der Waals surface area (Å²) in [5.74, 6) is 1.87. The number of nitriles is 1. The van der Waals surface area contributed by atoms with Crippen LogP contribution in [-0.2, 0) is 4.79 Å². The number of hydrogen-bond acceptors (Lipinski definition) is 8. The van der Waals surface area contributed by atoms with Gasteiger partial charge >= 0.3 is 0 Å². The van der Waals surface area contributed by atoms with Gasteiger partial charge in [0.15, 0.2) is 5.16 Å². The SMILES string of the molecule is COc1cc(OC)cc(Oc2ccnc(SCC(=O)Nc3cccc(C#N)c3)n2)c1. The van der Waals surface area contributed by atoms with Crippen LogP contribution in [0, 0.1) is 11.3 Å². The maximum absolute atomic E-state index is 12.2. The lowest BCUT2D eigenvalue weighted by molar-refractivity contribution is -0.113. The molecule has 0 fully saturated rings. The normalized spacial score (nSPS) is 10.0. The molecule has 0 aliphatic heterocycles. The van der Waals surface area contributed by atoms with Crippen LogP contribution in [0.5, 0.6) is 23.1 Å². The number of hydrogen-bond donors (Lipinski definition) is 1. The zero-order valence-corrected chi connectivity index (χ0v) is 17.1. The summed E-state index contributed by atoms with van der Waals surface area (Å²) in [6.45, 7) is 0.